The Balaban J connectivity index is 0.000000490. The molecule has 0 saturated carbocycles. The molecule has 0 amide bonds. The molecule has 1 fully saturated rings. The fourth-order valence-electron chi connectivity index (χ4n) is 0.508. The monoisotopic (exact) mass is 139 g/mol. The van der Waals surface area contributed by atoms with Crippen LogP contribution >= 0.6 is 12.4 Å². The third-order valence-corrected chi connectivity index (χ3v) is 0.954. The summed E-state index contributed by atoms with van der Waals surface area (Å²) in [7, 11) is 0. The standard InChI is InChI=1S/C4H9NO2.ClH/c5-1-4-2-6-3-7-4;/h4H,1-3,5H2;1H. The smallest absolute Gasteiger partial charge is 0.147 e. The van der Waals surface area contributed by atoms with E-state index in [-0.39, 0.29) is 18.5 Å². The maximum absolute atomic E-state index is 5.23. The lowest BCUT2D eigenvalue weighted by molar-refractivity contribution is 0.0491. The minimum atomic E-state index is 0. The molecule has 0 radical (unpaired) electrons. The van der Waals surface area contributed by atoms with Gasteiger partial charge in [0.05, 0.1) is 12.7 Å². The van der Waals surface area contributed by atoms with Gasteiger partial charge in [-0.15, -0.1) is 12.4 Å². The lowest BCUT2D eigenvalue weighted by Gasteiger charge is -1.98. The molecule has 2 N–H and O–H groups in total. The Morgan fingerprint density at radius 2 is 2.38 bits per heavy atom. The zero-order valence-electron chi connectivity index (χ0n) is 4.50. The van der Waals surface area contributed by atoms with Crippen LogP contribution < -0.4 is 5.73 Å². The SMILES string of the molecule is Cl.NCC1COCO1. The molecule has 1 aliphatic rings. The molecule has 1 heterocycles. The lowest BCUT2D eigenvalue weighted by Crippen LogP contribution is -2.21. The zero-order chi connectivity index (χ0) is 5.11. The fraction of sp³-hybridized carbons (Fsp3) is 1.00. The Morgan fingerprint density at radius 1 is 1.62 bits per heavy atom. The van der Waals surface area contributed by atoms with E-state index in [0.29, 0.717) is 19.9 Å². The normalized spacial score (nSPS) is 27.4. The Hall–Kier alpha value is 0.170. The first kappa shape index (κ1) is 8.17. The van der Waals surface area contributed by atoms with Crippen LogP contribution in [0, 0.1) is 0 Å². The van der Waals surface area contributed by atoms with Crippen molar-refractivity contribution in [1.82, 2.24) is 0 Å². The number of hydrogen-bond donors (Lipinski definition) is 1. The van der Waals surface area contributed by atoms with Crippen molar-refractivity contribution in [3.05, 3.63) is 0 Å². The predicted octanol–water partition coefficient (Wildman–Crippen LogP) is -0.260. The van der Waals surface area contributed by atoms with E-state index in [1.54, 1.807) is 0 Å². The summed E-state index contributed by atoms with van der Waals surface area (Å²) in [6.07, 6.45) is 0.153. The molecule has 1 atom stereocenters. The highest BCUT2D eigenvalue weighted by Crippen LogP contribution is 1.98. The van der Waals surface area contributed by atoms with E-state index in [1.807, 2.05) is 0 Å². The van der Waals surface area contributed by atoms with Crippen LogP contribution in [-0.2, 0) is 9.47 Å². The van der Waals surface area contributed by atoms with Crippen molar-refractivity contribution in [3.8, 4) is 0 Å². The minimum absolute atomic E-state index is 0. The quantitative estimate of drug-likeness (QED) is 0.545. The minimum Gasteiger partial charge on any atom is -0.353 e. The zero-order valence-corrected chi connectivity index (χ0v) is 5.32. The Labute approximate surface area is 54.5 Å². The van der Waals surface area contributed by atoms with Crippen LogP contribution in [0.3, 0.4) is 0 Å². The van der Waals surface area contributed by atoms with Crippen LogP contribution in [0.4, 0.5) is 0 Å². The van der Waals surface area contributed by atoms with E-state index >= 15 is 0 Å². The van der Waals surface area contributed by atoms with Gasteiger partial charge in [0.2, 0.25) is 0 Å². The van der Waals surface area contributed by atoms with Gasteiger partial charge in [-0.2, -0.15) is 0 Å². The van der Waals surface area contributed by atoms with Gasteiger partial charge in [0, 0.05) is 6.54 Å². The predicted molar refractivity (Wildman–Crippen MR) is 32.0 cm³/mol. The van der Waals surface area contributed by atoms with Gasteiger partial charge >= 0.3 is 0 Å². The number of ether oxygens (including phenoxy) is 2. The summed E-state index contributed by atoms with van der Waals surface area (Å²) in [6.45, 7) is 1.65. The van der Waals surface area contributed by atoms with E-state index in [1.165, 1.54) is 0 Å². The van der Waals surface area contributed by atoms with Crippen LogP contribution in [0.1, 0.15) is 0 Å². The number of rotatable bonds is 1. The topological polar surface area (TPSA) is 44.5 Å². The van der Waals surface area contributed by atoms with E-state index in [2.05, 4.69) is 0 Å². The van der Waals surface area contributed by atoms with Crippen molar-refractivity contribution < 1.29 is 9.47 Å². The largest absolute Gasteiger partial charge is 0.353 e. The van der Waals surface area contributed by atoms with Crippen molar-refractivity contribution in [3.63, 3.8) is 0 Å². The second-order valence-corrected chi connectivity index (χ2v) is 1.51. The van der Waals surface area contributed by atoms with Crippen LogP contribution in [0.15, 0.2) is 0 Å². The third-order valence-electron chi connectivity index (χ3n) is 0.954. The number of halogens is 1. The van der Waals surface area contributed by atoms with Gasteiger partial charge in [0.15, 0.2) is 0 Å². The molecule has 4 heteroatoms. The fourth-order valence-corrected chi connectivity index (χ4v) is 0.508. The molecule has 0 aromatic heterocycles. The molecular weight excluding hydrogens is 130 g/mol. The molecule has 0 bridgehead atoms. The van der Waals surface area contributed by atoms with Crippen molar-refractivity contribution in [2.24, 2.45) is 5.73 Å². The second kappa shape index (κ2) is 4.09. The van der Waals surface area contributed by atoms with Crippen LogP contribution in [0.25, 0.3) is 0 Å². The summed E-state index contributed by atoms with van der Waals surface area (Å²) in [4.78, 5) is 0. The van der Waals surface area contributed by atoms with Crippen molar-refractivity contribution in [1.29, 1.82) is 0 Å². The maximum Gasteiger partial charge on any atom is 0.147 e. The first-order valence-corrected chi connectivity index (χ1v) is 2.33. The first-order valence-electron chi connectivity index (χ1n) is 2.33. The summed E-state index contributed by atoms with van der Waals surface area (Å²) in [6, 6.07) is 0. The van der Waals surface area contributed by atoms with Crippen LogP contribution in [-0.4, -0.2) is 26.0 Å². The third kappa shape index (κ3) is 1.96. The average Bonchev–Trinajstić information content (AvgIpc) is 2.14. The molecule has 0 spiro atoms. The van der Waals surface area contributed by atoms with Gasteiger partial charge in [-0.1, -0.05) is 0 Å². The van der Waals surface area contributed by atoms with E-state index in [9.17, 15) is 0 Å². The summed E-state index contributed by atoms with van der Waals surface area (Å²) in [5.74, 6) is 0. The highest BCUT2D eigenvalue weighted by molar-refractivity contribution is 5.85. The van der Waals surface area contributed by atoms with Gasteiger partial charge in [-0.25, -0.2) is 0 Å². The van der Waals surface area contributed by atoms with Gasteiger partial charge < -0.3 is 15.2 Å². The summed E-state index contributed by atoms with van der Waals surface area (Å²) in [5.41, 5.74) is 5.23. The first-order chi connectivity index (χ1) is 3.43. The Morgan fingerprint density at radius 3 is 2.62 bits per heavy atom. The molecule has 3 nitrogen and oxygen atoms in total. The molecule has 50 valence electrons. The van der Waals surface area contributed by atoms with Gasteiger partial charge in [-0.05, 0) is 0 Å². The van der Waals surface area contributed by atoms with Crippen molar-refractivity contribution in [2.75, 3.05) is 19.9 Å². The van der Waals surface area contributed by atoms with Crippen LogP contribution in [0.5, 0.6) is 0 Å². The summed E-state index contributed by atoms with van der Waals surface area (Å²) in [5, 5.41) is 0. The molecule has 1 saturated heterocycles. The molecule has 0 aromatic carbocycles. The summed E-state index contributed by atoms with van der Waals surface area (Å²) < 4.78 is 9.80. The van der Waals surface area contributed by atoms with Crippen molar-refractivity contribution >= 4 is 12.4 Å². The second-order valence-electron chi connectivity index (χ2n) is 1.51. The highest BCUT2D eigenvalue weighted by atomic mass is 35.5. The number of nitrogens with two attached hydrogens (primary N) is 1. The molecule has 0 aromatic rings. The molecule has 0 aliphatic carbocycles. The Kier molecular flexibility index (Phi) is 4.18. The van der Waals surface area contributed by atoms with Crippen molar-refractivity contribution in [2.45, 2.75) is 6.10 Å². The van der Waals surface area contributed by atoms with Gasteiger partial charge in [0.1, 0.15) is 6.79 Å². The molecule has 1 unspecified atom stereocenters. The Bertz CT molecular complexity index is 56.0. The van der Waals surface area contributed by atoms with Crippen LogP contribution in [0.2, 0.25) is 0 Å². The van der Waals surface area contributed by atoms with Gasteiger partial charge in [0.25, 0.3) is 0 Å². The maximum atomic E-state index is 5.23. The molecule has 1 rings (SSSR count). The molecular formula is C4H10ClNO2. The average molecular weight is 140 g/mol. The van der Waals surface area contributed by atoms with Gasteiger partial charge in [-0.3, -0.25) is 0 Å². The lowest BCUT2D eigenvalue weighted by atomic mass is 10.4. The molecule has 8 heavy (non-hydrogen) atoms. The summed E-state index contributed by atoms with van der Waals surface area (Å²) >= 11 is 0. The van der Waals surface area contributed by atoms with E-state index in [4.69, 9.17) is 15.2 Å². The number of hydrogen-bond acceptors (Lipinski definition) is 3. The van der Waals surface area contributed by atoms with E-state index in [0.717, 1.165) is 0 Å². The molecule has 1 aliphatic heterocycles. The van der Waals surface area contributed by atoms with E-state index < -0.39 is 0 Å². The highest BCUT2D eigenvalue weighted by Gasteiger charge is 2.12.